The Morgan fingerprint density at radius 2 is 1.76 bits per heavy atom. The van der Waals surface area contributed by atoms with Crippen molar-refractivity contribution < 1.29 is 19.1 Å². The normalized spacial score (nSPS) is 19.6. The number of carbonyl (C=O) groups is 2. The van der Waals surface area contributed by atoms with Crippen LogP contribution in [0.2, 0.25) is 0 Å². The fraction of sp³-hybridized carbons (Fsp3) is 0.310. The summed E-state index contributed by atoms with van der Waals surface area (Å²) >= 11 is 1.34. The minimum absolute atomic E-state index is 0.0604. The van der Waals surface area contributed by atoms with Crippen LogP contribution in [0.1, 0.15) is 49.3 Å². The minimum atomic E-state index is -0.237. The summed E-state index contributed by atoms with van der Waals surface area (Å²) in [6.07, 6.45) is 6.75. The average Bonchev–Trinajstić information content (AvgIpc) is 3.61. The maximum Gasteiger partial charge on any atom is 0.243 e. The molecule has 1 aliphatic heterocycles. The van der Waals surface area contributed by atoms with E-state index in [2.05, 4.69) is 16.4 Å². The van der Waals surface area contributed by atoms with Crippen molar-refractivity contribution in [2.24, 2.45) is 11.0 Å². The van der Waals surface area contributed by atoms with Crippen molar-refractivity contribution in [1.29, 1.82) is 0 Å². The Bertz CT molecular complexity index is 1330. The zero-order chi connectivity index (χ0) is 26.5. The molecule has 1 N–H and O–H groups in total. The van der Waals surface area contributed by atoms with E-state index >= 15 is 0 Å². The SMILES string of the molecule is COc1ccc(C=C2CCCC3C2=NN(C(=O)CCC(=O)Nc2nccs2)C3c2ccc(OC)cc2)cc1. The zero-order valence-electron chi connectivity index (χ0n) is 21.4. The van der Waals surface area contributed by atoms with E-state index in [0.29, 0.717) is 5.13 Å². The lowest BCUT2D eigenvalue weighted by molar-refractivity contribution is -0.135. The van der Waals surface area contributed by atoms with Gasteiger partial charge in [-0.15, -0.1) is 11.3 Å². The van der Waals surface area contributed by atoms with Gasteiger partial charge in [0.1, 0.15) is 11.5 Å². The molecule has 2 aliphatic rings. The van der Waals surface area contributed by atoms with Crippen LogP contribution in [0.25, 0.3) is 6.08 Å². The lowest BCUT2D eigenvalue weighted by Gasteiger charge is -2.29. The van der Waals surface area contributed by atoms with Crippen LogP contribution in [0.4, 0.5) is 5.13 Å². The van der Waals surface area contributed by atoms with Crippen molar-refractivity contribution in [2.45, 2.75) is 38.1 Å². The molecular weight excluding hydrogens is 500 g/mol. The van der Waals surface area contributed by atoms with Gasteiger partial charge in [-0.25, -0.2) is 9.99 Å². The van der Waals surface area contributed by atoms with Crippen molar-refractivity contribution in [2.75, 3.05) is 19.5 Å². The smallest absolute Gasteiger partial charge is 0.243 e. The van der Waals surface area contributed by atoms with Gasteiger partial charge in [0.05, 0.1) is 26.0 Å². The van der Waals surface area contributed by atoms with E-state index in [0.717, 1.165) is 53.2 Å². The molecule has 1 aliphatic carbocycles. The van der Waals surface area contributed by atoms with Gasteiger partial charge in [0.25, 0.3) is 0 Å². The van der Waals surface area contributed by atoms with Gasteiger partial charge in [-0.1, -0.05) is 24.3 Å². The van der Waals surface area contributed by atoms with Gasteiger partial charge in [-0.3, -0.25) is 9.59 Å². The molecule has 0 saturated heterocycles. The molecule has 9 heteroatoms. The largest absolute Gasteiger partial charge is 0.497 e. The molecule has 0 spiro atoms. The summed E-state index contributed by atoms with van der Waals surface area (Å²) in [6, 6.07) is 15.5. The highest BCUT2D eigenvalue weighted by Gasteiger charge is 2.43. The Kier molecular flexibility index (Phi) is 7.83. The number of fused-ring (bicyclic) bond motifs is 1. The van der Waals surface area contributed by atoms with Crippen molar-refractivity contribution >= 4 is 40.1 Å². The molecule has 2 aromatic carbocycles. The molecule has 1 aromatic heterocycles. The van der Waals surface area contributed by atoms with Gasteiger partial charge < -0.3 is 14.8 Å². The summed E-state index contributed by atoms with van der Waals surface area (Å²) in [5.41, 5.74) is 4.16. The van der Waals surface area contributed by atoms with Crippen molar-refractivity contribution in [3.8, 4) is 11.5 Å². The van der Waals surface area contributed by atoms with Crippen molar-refractivity contribution in [3.05, 3.63) is 76.8 Å². The summed E-state index contributed by atoms with van der Waals surface area (Å²) in [7, 11) is 3.29. The summed E-state index contributed by atoms with van der Waals surface area (Å²) < 4.78 is 10.6. The molecule has 2 heterocycles. The Hall–Kier alpha value is -3.98. The third-order valence-electron chi connectivity index (χ3n) is 6.92. The number of hydrazone groups is 1. The molecule has 8 nitrogen and oxygen atoms in total. The Balaban J connectivity index is 1.41. The monoisotopic (exact) mass is 530 g/mol. The fourth-order valence-electron chi connectivity index (χ4n) is 5.04. The number of methoxy groups -OCH3 is 2. The standard InChI is InChI=1S/C29H30N4O4S/c1-36-22-10-6-19(7-11-22)18-21-4-3-5-24-27(21)32-33(28(24)20-8-12-23(37-2)13-9-20)26(35)15-14-25(34)31-29-30-16-17-38-29/h6-13,16-18,24,28H,3-5,14-15H2,1-2H3,(H,30,31,34). The molecule has 1 fully saturated rings. The van der Waals surface area contributed by atoms with Crippen LogP contribution in [-0.4, -0.2) is 41.7 Å². The first kappa shape index (κ1) is 25.7. The molecule has 196 valence electrons. The predicted octanol–water partition coefficient (Wildman–Crippen LogP) is 5.70. The Morgan fingerprint density at radius 3 is 2.42 bits per heavy atom. The number of hydrogen-bond donors (Lipinski definition) is 1. The number of nitrogens with one attached hydrogen (secondary N) is 1. The number of nitrogens with zero attached hydrogens (tertiary/aromatic N) is 3. The number of aromatic nitrogens is 1. The first-order valence-corrected chi connectivity index (χ1v) is 13.5. The highest BCUT2D eigenvalue weighted by Crippen LogP contribution is 2.45. The first-order chi connectivity index (χ1) is 18.6. The minimum Gasteiger partial charge on any atom is -0.497 e. The van der Waals surface area contributed by atoms with Gasteiger partial charge >= 0.3 is 0 Å². The molecule has 38 heavy (non-hydrogen) atoms. The van der Waals surface area contributed by atoms with Gasteiger partial charge in [0.2, 0.25) is 11.8 Å². The highest BCUT2D eigenvalue weighted by atomic mass is 32.1. The number of anilines is 1. The van der Waals surface area contributed by atoms with E-state index in [9.17, 15) is 9.59 Å². The molecule has 1 saturated carbocycles. The van der Waals surface area contributed by atoms with Crippen LogP contribution in [-0.2, 0) is 9.59 Å². The highest BCUT2D eigenvalue weighted by molar-refractivity contribution is 7.13. The number of amides is 2. The quantitative estimate of drug-likeness (QED) is 0.403. The second-order valence-electron chi connectivity index (χ2n) is 9.27. The second kappa shape index (κ2) is 11.6. The Labute approximate surface area is 226 Å². The fourth-order valence-corrected chi connectivity index (χ4v) is 5.59. The third kappa shape index (κ3) is 5.62. The summed E-state index contributed by atoms with van der Waals surface area (Å²) in [6.45, 7) is 0. The van der Waals surface area contributed by atoms with E-state index in [1.807, 2.05) is 48.5 Å². The second-order valence-corrected chi connectivity index (χ2v) is 10.2. The van der Waals surface area contributed by atoms with Gasteiger partial charge in [0, 0.05) is 30.3 Å². The number of ether oxygens (including phenoxy) is 2. The van der Waals surface area contributed by atoms with Crippen LogP contribution in [0.15, 0.2) is 70.8 Å². The topological polar surface area (TPSA) is 93.1 Å². The molecule has 2 unspecified atom stereocenters. The third-order valence-corrected chi connectivity index (χ3v) is 7.60. The van der Waals surface area contributed by atoms with Crippen LogP contribution >= 0.6 is 11.3 Å². The molecular formula is C29H30N4O4S. The van der Waals surface area contributed by atoms with Crippen LogP contribution in [0.3, 0.4) is 0 Å². The van der Waals surface area contributed by atoms with E-state index in [1.54, 1.807) is 30.8 Å². The number of thiazole rings is 1. The van der Waals surface area contributed by atoms with Crippen LogP contribution < -0.4 is 14.8 Å². The maximum atomic E-state index is 13.5. The summed E-state index contributed by atoms with van der Waals surface area (Å²) in [5, 5.41) is 11.6. The zero-order valence-corrected chi connectivity index (χ0v) is 22.2. The van der Waals surface area contributed by atoms with Gasteiger partial charge in [0.15, 0.2) is 5.13 Å². The van der Waals surface area contributed by atoms with Crippen LogP contribution in [0.5, 0.6) is 11.5 Å². The van der Waals surface area contributed by atoms with Crippen molar-refractivity contribution in [3.63, 3.8) is 0 Å². The van der Waals surface area contributed by atoms with Gasteiger partial charge in [-0.2, -0.15) is 5.10 Å². The number of allylic oxidation sites excluding steroid dienone is 1. The van der Waals surface area contributed by atoms with Gasteiger partial charge in [-0.05, 0) is 66.3 Å². The molecule has 2 atom stereocenters. The lowest BCUT2D eigenvalue weighted by atomic mass is 9.77. The summed E-state index contributed by atoms with van der Waals surface area (Å²) in [4.78, 5) is 30.0. The molecule has 0 radical (unpaired) electrons. The maximum absolute atomic E-state index is 13.5. The molecule has 0 bridgehead atoms. The predicted molar refractivity (Wildman–Crippen MR) is 148 cm³/mol. The lowest BCUT2D eigenvalue weighted by Crippen LogP contribution is -2.32. The van der Waals surface area contributed by atoms with E-state index in [4.69, 9.17) is 14.6 Å². The summed E-state index contributed by atoms with van der Waals surface area (Å²) in [5.74, 6) is 1.23. The number of carbonyl (C=O) groups excluding carboxylic acids is 2. The number of hydrogen-bond acceptors (Lipinski definition) is 7. The molecule has 2 amide bonds. The molecule has 3 aromatic rings. The van der Waals surface area contributed by atoms with E-state index in [1.165, 1.54) is 11.3 Å². The number of benzene rings is 2. The first-order valence-electron chi connectivity index (χ1n) is 12.6. The van der Waals surface area contributed by atoms with E-state index < -0.39 is 0 Å². The molecule has 5 rings (SSSR count). The van der Waals surface area contributed by atoms with E-state index in [-0.39, 0.29) is 36.6 Å². The van der Waals surface area contributed by atoms with Crippen molar-refractivity contribution in [1.82, 2.24) is 9.99 Å². The Morgan fingerprint density at radius 1 is 1.05 bits per heavy atom. The average molecular weight is 531 g/mol. The van der Waals surface area contributed by atoms with Crippen LogP contribution in [0, 0.1) is 5.92 Å². The number of rotatable bonds is 8.